The summed E-state index contributed by atoms with van der Waals surface area (Å²) in [6.45, 7) is 12.9. The first-order valence-corrected chi connectivity index (χ1v) is 13.5. The molecule has 1 aliphatic heterocycles. The molecule has 1 amide bonds. The van der Waals surface area contributed by atoms with Gasteiger partial charge < -0.3 is 18.5 Å². The Kier molecular flexibility index (Phi) is 10.2. The SMILES string of the molecule is CC(=O)N1CCC(C(=O)O[Si](OCCCOCc2ccccc2)(C(C)C)C(C)C)CC1. The molecule has 0 atom stereocenters. The van der Waals surface area contributed by atoms with E-state index in [1.165, 1.54) is 0 Å². The van der Waals surface area contributed by atoms with Crippen LogP contribution < -0.4 is 0 Å². The minimum Gasteiger partial charge on any atom is -0.493 e. The van der Waals surface area contributed by atoms with E-state index in [1.54, 1.807) is 11.8 Å². The minimum atomic E-state index is -2.75. The van der Waals surface area contributed by atoms with Crippen LogP contribution >= 0.6 is 0 Å². The van der Waals surface area contributed by atoms with Gasteiger partial charge >= 0.3 is 8.56 Å². The van der Waals surface area contributed by atoms with Crippen LogP contribution in [0.1, 0.15) is 59.4 Å². The van der Waals surface area contributed by atoms with Gasteiger partial charge in [-0.1, -0.05) is 58.0 Å². The number of piperidine rings is 1. The minimum absolute atomic E-state index is 0.0673. The van der Waals surface area contributed by atoms with E-state index in [0.717, 1.165) is 12.0 Å². The van der Waals surface area contributed by atoms with E-state index in [0.29, 0.717) is 45.8 Å². The zero-order valence-corrected chi connectivity index (χ0v) is 20.8. The second-order valence-electron chi connectivity index (χ2n) is 8.97. The van der Waals surface area contributed by atoms with Gasteiger partial charge in [0, 0.05) is 44.3 Å². The fourth-order valence-electron chi connectivity index (χ4n) is 4.09. The van der Waals surface area contributed by atoms with E-state index < -0.39 is 8.56 Å². The fraction of sp³-hybridized carbons (Fsp3) is 0.667. The lowest BCUT2D eigenvalue weighted by atomic mass is 9.97. The van der Waals surface area contributed by atoms with Gasteiger partial charge in [0.05, 0.1) is 12.5 Å². The molecule has 1 aromatic carbocycles. The Hall–Kier alpha value is -1.70. The second-order valence-corrected chi connectivity index (χ2v) is 13.2. The molecule has 0 radical (unpaired) electrons. The van der Waals surface area contributed by atoms with Crippen molar-refractivity contribution in [3.8, 4) is 0 Å². The predicted molar refractivity (Wildman–Crippen MR) is 124 cm³/mol. The summed E-state index contributed by atoms with van der Waals surface area (Å²) in [6.07, 6.45) is 2.08. The maximum absolute atomic E-state index is 13.0. The van der Waals surface area contributed by atoms with Crippen molar-refractivity contribution in [1.82, 2.24) is 4.90 Å². The van der Waals surface area contributed by atoms with Crippen LogP contribution in [0.3, 0.4) is 0 Å². The quantitative estimate of drug-likeness (QED) is 0.363. The van der Waals surface area contributed by atoms with E-state index in [9.17, 15) is 9.59 Å². The molecule has 1 aromatic rings. The number of hydrogen-bond donors (Lipinski definition) is 0. The van der Waals surface area contributed by atoms with E-state index >= 15 is 0 Å². The molecule has 0 saturated carbocycles. The van der Waals surface area contributed by atoms with Gasteiger partial charge in [-0.3, -0.25) is 9.59 Å². The number of likely N-dealkylation sites (tertiary alicyclic amines) is 1. The highest BCUT2D eigenvalue weighted by molar-refractivity contribution is 6.71. The Morgan fingerprint density at radius 2 is 1.65 bits per heavy atom. The van der Waals surface area contributed by atoms with Crippen LogP contribution in [0.25, 0.3) is 0 Å². The molecule has 1 heterocycles. The number of carbonyl (C=O) groups is 2. The summed E-state index contributed by atoms with van der Waals surface area (Å²) in [5.41, 5.74) is 1.46. The summed E-state index contributed by atoms with van der Waals surface area (Å²) in [6, 6.07) is 10.1. The Labute approximate surface area is 188 Å². The van der Waals surface area contributed by atoms with Gasteiger partial charge in [-0.15, -0.1) is 0 Å². The van der Waals surface area contributed by atoms with Crippen LogP contribution in [-0.2, 0) is 29.8 Å². The smallest absolute Gasteiger partial charge is 0.406 e. The van der Waals surface area contributed by atoms with E-state index in [-0.39, 0.29) is 28.9 Å². The molecule has 0 unspecified atom stereocenters. The van der Waals surface area contributed by atoms with Gasteiger partial charge in [-0.05, 0) is 24.8 Å². The number of rotatable bonds is 11. The highest BCUT2D eigenvalue weighted by atomic mass is 28.4. The van der Waals surface area contributed by atoms with Gasteiger partial charge in [0.25, 0.3) is 5.97 Å². The van der Waals surface area contributed by atoms with Crippen molar-refractivity contribution in [2.75, 3.05) is 26.3 Å². The first-order chi connectivity index (χ1) is 14.8. The topological polar surface area (TPSA) is 65.1 Å². The summed E-state index contributed by atoms with van der Waals surface area (Å²) >= 11 is 0. The Balaban J connectivity index is 1.85. The van der Waals surface area contributed by atoms with Crippen LogP contribution in [0.4, 0.5) is 0 Å². The van der Waals surface area contributed by atoms with Crippen LogP contribution in [0.15, 0.2) is 30.3 Å². The van der Waals surface area contributed by atoms with Crippen LogP contribution in [-0.4, -0.2) is 51.6 Å². The number of carbonyl (C=O) groups excluding carboxylic acids is 2. The molecule has 174 valence electrons. The lowest BCUT2D eigenvalue weighted by Crippen LogP contribution is -2.51. The molecule has 0 spiro atoms. The van der Waals surface area contributed by atoms with E-state index in [2.05, 4.69) is 27.7 Å². The molecular formula is C24H39NO5Si. The second kappa shape index (κ2) is 12.4. The zero-order valence-electron chi connectivity index (χ0n) is 19.8. The molecular weight excluding hydrogens is 410 g/mol. The molecule has 1 fully saturated rings. The van der Waals surface area contributed by atoms with Crippen LogP contribution in [0.2, 0.25) is 11.1 Å². The van der Waals surface area contributed by atoms with Gasteiger partial charge in [-0.25, -0.2) is 0 Å². The molecule has 31 heavy (non-hydrogen) atoms. The Morgan fingerprint density at radius 3 is 2.19 bits per heavy atom. The first-order valence-electron chi connectivity index (χ1n) is 11.5. The summed E-state index contributed by atoms with van der Waals surface area (Å²) in [5.74, 6) is -0.243. The lowest BCUT2D eigenvalue weighted by Gasteiger charge is -2.39. The van der Waals surface area contributed by atoms with Crippen LogP contribution in [0, 0.1) is 5.92 Å². The highest BCUT2D eigenvalue weighted by Gasteiger charge is 2.49. The van der Waals surface area contributed by atoms with E-state index in [4.69, 9.17) is 13.6 Å². The average Bonchev–Trinajstić information content (AvgIpc) is 2.75. The van der Waals surface area contributed by atoms with Crippen LogP contribution in [0.5, 0.6) is 0 Å². The zero-order chi connectivity index (χ0) is 22.9. The summed E-state index contributed by atoms with van der Waals surface area (Å²) in [4.78, 5) is 26.3. The molecule has 6 nitrogen and oxygen atoms in total. The number of nitrogens with zero attached hydrogens (tertiary/aromatic N) is 1. The fourth-order valence-corrected chi connectivity index (χ4v) is 7.57. The summed E-state index contributed by atoms with van der Waals surface area (Å²) in [7, 11) is -2.75. The predicted octanol–water partition coefficient (Wildman–Crippen LogP) is 4.67. The monoisotopic (exact) mass is 449 g/mol. The first kappa shape index (κ1) is 25.6. The number of benzene rings is 1. The molecule has 0 aromatic heterocycles. The Morgan fingerprint density at radius 1 is 1.03 bits per heavy atom. The number of amides is 1. The summed E-state index contributed by atoms with van der Waals surface area (Å²) < 4.78 is 18.3. The molecule has 1 aliphatic rings. The van der Waals surface area contributed by atoms with Crippen molar-refractivity contribution < 1.29 is 23.2 Å². The highest BCUT2D eigenvalue weighted by Crippen LogP contribution is 2.36. The molecule has 0 aliphatic carbocycles. The van der Waals surface area contributed by atoms with Gasteiger partial charge in [0.1, 0.15) is 0 Å². The number of ether oxygens (including phenoxy) is 1. The third kappa shape index (κ3) is 7.44. The van der Waals surface area contributed by atoms with Gasteiger partial charge in [-0.2, -0.15) is 0 Å². The third-order valence-electron chi connectivity index (χ3n) is 6.02. The lowest BCUT2D eigenvalue weighted by molar-refractivity contribution is -0.145. The summed E-state index contributed by atoms with van der Waals surface area (Å²) in [5, 5.41) is 0. The standard InChI is InChI=1S/C24H39NO5Si/c1-19(2)31(20(3)4,29-17-9-16-28-18-22-10-7-6-8-11-22)30-24(27)23-12-14-25(15-13-23)21(5)26/h6-8,10-11,19-20,23H,9,12-18H2,1-5H3. The van der Waals surface area contributed by atoms with Crippen molar-refractivity contribution in [3.63, 3.8) is 0 Å². The molecule has 7 heteroatoms. The normalized spacial score (nSPS) is 15.5. The Bertz CT molecular complexity index is 678. The van der Waals surface area contributed by atoms with Crippen molar-refractivity contribution in [2.24, 2.45) is 5.92 Å². The molecule has 1 saturated heterocycles. The van der Waals surface area contributed by atoms with Crippen molar-refractivity contribution in [2.45, 2.75) is 71.6 Å². The third-order valence-corrected chi connectivity index (χ3v) is 10.4. The maximum Gasteiger partial charge on any atom is 0.406 e. The largest absolute Gasteiger partial charge is 0.493 e. The average molecular weight is 450 g/mol. The van der Waals surface area contributed by atoms with Crippen molar-refractivity contribution in [3.05, 3.63) is 35.9 Å². The maximum atomic E-state index is 13.0. The number of hydrogen-bond acceptors (Lipinski definition) is 5. The van der Waals surface area contributed by atoms with Crippen molar-refractivity contribution in [1.29, 1.82) is 0 Å². The molecule has 2 rings (SSSR count). The van der Waals surface area contributed by atoms with Crippen molar-refractivity contribution >= 4 is 20.4 Å². The molecule has 0 N–H and O–H groups in total. The van der Waals surface area contributed by atoms with Gasteiger partial charge in [0.2, 0.25) is 5.91 Å². The van der Waals surface area contributed by atoms with E-state index in [1.807, 2.05) is 30.3 Å². The van der Waals surface area contributed by atoms with Gasteiger partial charge in [0.15, 0.2) is 0 Å². The molecule has 0 bridgehead atoms.